The number of benzene rings is 2. The van der Waals surface area contributed by atoms with Gasteiger partial charge in [-0.25, -0.2) is 9.59 Å². The first-order chi connectivity index (χ1) is 33.6. The van der Waals surface area contributed by atoms with Crippen LogP contribution in [0.4, 0.5) is 5.69 Å². The van der Waals surface area contributed by atoms with Crippen molar-refractivity contribution < 1.29 is 57.2 Å². The minimum Gasteiger partial charge on any atom is -0.496 e. The highest BCUT2D eigenvalue weighted by molar-refractivity contribution is 5.95. The molecule has 1 spiro atoms. The topological polar surface area (TPSA) is 177 Å². The second-order valence-corrected chi connectivity index (χ2v) is 21.1. The van der Waals surface area contributed by atoms with Gasteiger partial charge in [0.2, 0.25) is 5.60 Å². The summed E-state index contributed by atoms with van der Waals surface area (Å²) in [6.45, 7) is 9.16. The molecule has 1 aromatic heterocycles. The zero-order valence-electron chi connectivity index (χ0n) is 41.8. The maximum atomic E-state index is 15.7. The minimum absolute atomic E-state index is 0.0819. The van der Waals surface area contributed by atoms with Crippen LogP contribution in [-0.4, -0.2) is 165 Å². The molecule has 1 aliphatic carbocycles. The van der Waals surface area contributed by atoms with Crippen LogP contribution < -0.4 is 9.64 Å². The van der Waals surface area contributed by atoms with Crippen molar-refractivity contribution in [3.05, 3.63) is 82.6 Å². The van der Waals surface area contributed by atoms with Crippen molar-refractivity contribution in [1.82, 2.24) is 14.8 Å². The monoisotopic (exact) mass is 962 g/mol. The Hall–Kier alpha value is -5.71. The zero-order chi connectivity index (χ0) is 49.7. The number of likely N-dealkylation sites (N-methyl/N-ethyl adjacent to an activating group) is 1. The first-order valence-corrected chi connectivity index (χ1v) is 25.0. The Morgan fingerprint density at radius 3 is 2.43 bits per heavy atom. The number of methoxy groups -OCH3 is 4. The number of rotatable bonds is 10. The highest BCUT2D eigenvalue weighted by Gasteiger charge is 2.80. The Morgan fingerprint density at radius 2 is 1.73 bits per heavy atom. The number of nitrogens with zero attached hydrogens (tertiary/aromatic N) is 4. The average molecular weight is 963 g/mol. The van der Waals surface area contributed by atoms with Crippen LogP contribution in [0.3, 0.4) is 0 Å². The highest BCUT2D eigenvalue weighted by atomic mass is 16.6. The van der Waals surface area contributed by atoms with E-state index in [-0.39, 0.29) is 30.8 Å². The van der Waals surface area contributed by atoms with Crippen molar-refractivity contribution >= 4 is 46.4 Å². The molecule has 3 aromatic rings. The lowest BCUT2D eigenvalue weighted by Crippen LogP contribution is -2.81. The summed E-state index contributed by atoms with van der Waals surface area (Å²) in [6, 6.07) is 10.2. The maximum absolute atomic E-state index is 15.7. The number of hydrogen-bond donors (Lipinski definition) is 2. The number of carbonyl (C=O) groups excluding carboxylic acids is 5. The number of para-hydroxylation sites is 1. The van der Waals surface area contributed by atoms with E-state index in [1.165, 1.54) is 33.8 Å². The number of aliphatic hydroxyl groups is 1. The van der Waals surface area contributed by atoms with Crippen LogP contribution in [0.5, 0.6) is 5.75 Å². The van der Waals surface area contributed by atoms with Crippen molar-refractivity contribution in [2.24, 2.45) is 11.3 Å². The fourth-order valence-electron chi connectivity index (χ4n) is 15.4. The summed E-state index contributed by atoms with van der Waals surface area (Å²) < 4.78 is 29.9. The number of aromatic amines is 1. The molecular weight excluding hydrogens is 895 g/mol. The fourth-order valence-corrected chi connectivity index (χ4v) is 15.4. The van der Waals surface area contributed by atoms with E-state index in [0.717, 1.165) is 34.9 Å². The summed E-state index contributed by atoms with van der Waals surface area (Å²) in [4.78, 5) is 80.9. The molecule has 2 bridgehead atoms. The van der Waals surface area contributed by atoms with Gasteiger partial charge >= 0.3 is 23.9 Å². The van der Waals surface area contributed by atoms with Gasteiger partial charge in [0.15, 0.2) is 12.6 Å². The summed E-state index contributed by atoms with van der Waals surface area (Å²) >= 11 is 0. The molecule has 0 radical (unpaired) electrons. The normalized spacial score (nSPS) is 34.0. The number of nitrogens with one attached hydrogen (secondary N) is 1. The second kappa shape index (κ2) is 17.3. The molecule has 374 valence electrons. The molecule has 3 fully saturated rings. The van der Waals surface area contributed by atoms with Gasteiger partial charge in [-0.05, 0) is 73.9 Å². The Kier molecular flexibility index (Phi) is 11.8. The van der Waals surface area contributed by atoms with Gasteiger partial charge < -0.3 is 48.1 Å². The fraction of sp³-hybridized carbons (Fsp3) is 0.574. The number of hydrogen-bond acceptors (Lipinski definition) is 13. The quantitative estimate of drug-likeness (QED) is 0.126. The van der Waals surface area contributed by atoms with Crippen LogP contribution >= 0.6 is 0 Å². The molecule has 7 aliphatic rings. The number of anilines is 1. The number of likely N-dealkylation sites (tertiary alicyclic amines) is 1. The van der Waals surface area contributed by atoms with Crippen LogP contribution in [0.15, 0.2) is 60.2 Å². The van der Waals surface area contributed by atoms with E-state index in [1.807, 2.05) is 55.3 Å². The van der Waals surface area contributed by atoms with Crippen molar-refractivity contribution in [2.45, 2.75) is 106 Å². The zero-order valence-corrected chi connectivity index (χ0v) is 41.8. The van der Waals surface area contributed by atoms with Crippen molar-refractivity contribution in [2.75, 3.05) is 86.2 Å². The number of ether oxygens (including phenoxy) is 5. The number of H-pyrrole nitrogens is 1. The number of quaternary nitrogens is 1. The third kappa shape index (κ3) is 6.53. The molecule has 2 aromatic carbocycles. The van der Waals surface area contributed by atoms with E-state index in [1.54, 1.807) is 12.0 Å². The summed E-state index contributed by atoms with van der Waals surface area (Å²) in [5, 5.41) is 14.4. The van der Waals surface area contributed by atoms with Crippen molar-refractivity contribution in [3.8, 4) is 5.75 Å². The van der Waals surface area contributed by atoms with E-state index in [4.69, 9.17) is 23.7 Å². The van der Waals surface area contributed by atoms with Crippen molar-refractivity contribution in [1.29, 1.82) is 0 Å². The van der Waals surface area contributed by atoms with Crippen LogP contribution in [-0.2, 0) is 60.2 Å². The molecule has 70 heavy (non-hydrogen) atoms. The van der Waals surface area contributed by atoms with E-state index < -0.39 is 63.9 Å². The van der Waals surface area contributed by atoms with Gasteiger partial charge in [-0.1, -0.05) is 50.3 Å². The highest BCUT2D eigenvalue weighted by Crippen LogP contribution is 2.68. The van der Waals surface area contributed by atoms with E-state index in [0.29, 0.717) is 92.1 Å². The first kappa shape index (κ1) is 47.9. The predicted molar refractivity (Wildman–Crippen MR) is 259 cm³/mol. The molecule has 1 amide bonds. The van der Waals surface area contributed by atoms with Gasteiger partial charge in [0.1, 0.15) is 23.8 Å². The Balaban J connectivity index is 1.21. The summed E-state index contributed by atoms with van der Waals surface area (Å²) in [7, 11) is 7.49. The molecule has 1 unspecified atom stereocenters. The van der Waals surface area contributed by atoms with Crippen LogP contribution in [0.2, 0.25) is 0 Å². The summed E-state index contributed by atoms with van der Waals surface area (Å²) in [5.74, 6) is -2.30. The molecule has 2 saturated heterocycles. The average Bonchev–Trinajstić information content (AvgIpc) is 4.16. The van der Waals surface area contributed by atoms with Crippen LogP contribution in [0.1, 0.15) is 81.7 Å². The van der Waals surface area contributed by atoms with Gasteiger partial charge in [0.25, 0.3) is 5.91 Å². The number of esters is 4. The maximum Gasteiger partial charge on any atom is 0.344 e. The lowest BCUT2D eigenvalue weighted by Gasteiger charge is -2.63. The molecule has 10 atom stereocenters. The molecule has 16 nitrogen and oxygen atoms in total. The van der Waals surface area contributed by atoms with Crippen molar-refractivity contribution in [3.63, 3.8) is 0 Å². The van der Waals surface area contributed by atoms with Crippen LogP contribution in [0.25, 0.3) is 10.9 Å². The smallest absolute Gasteiger partial charge is 0.344 e. The van der Waals surface area contributed by atoms with Gasteiger partial charge in [0, 0.05) is 90.2 Å². The molecule has 16 heteroatoms. The van der Waals surface area contributed by atoms with Gasteiger partial charge in [0.05, 0.1) is 47.6 Å². The second-order valence-electron chi connectivity index (χ2n) is 21.1. The summed E-state index contributed by atoms with van der Waals surface area (Å²) in [6.07, 6.45) is 8.86. The number of fused-ring (bicyclic) bond motifs is 6. The van der Waals surface area contributed by atoms with Gasteiger partial charge in [-0.15, -0.1) is 0 Å². The molecule has 7 heterocycles. The molecular formula is C54H68N5O11+. The van der Waals surface area contributed by atoms with E-state index in [2.05, 4.69) is 35.0 Å². The standard InChI is InChI=1S/C54H68N5O11/c1-9-33-25-34-28-53(49(63)68-7,44-36(35-15-11-12-16-39(35)55-44)18-24-59(29-33,30-34)31-43(61)58-22-13-17-40(58)45(62)67-6)38-26-37-41(27-42(38)66-5)56(4)47-52(37)20-23-57-21-14-19-51(10-2,46(52)57)48(70-32(3)60)54(47,65)50(64)69-8/h11-12,14-16,19,25-27,34,40,46-48,55,65H,9-10,13,17-18,20-24,28-31H2,1-8H3/q+1/t34-,40-,46-,47+,48+,51+,52+,53-,54-,59?/m0/s1. The lowest BCUT2D eigenvalue weighted by atomic mass is 9.47. The SMILES string of the molecule is CCC1=C[C@H]2C[C@](C(=O)OC)(c3cc4c(cc3OC)N(C)[C@H]3[C@@](O)(C(=O)OC)[C@H](OC(C)=O)[C@]5(CC)C=CCN6CC[C@]43[C@@H]65)c3[nH]c4ccccc4c3CC[N+](CC(=O)N3CCC[C@H]3C(=O)OC)(C1)C2. The predicted octanol–water partition coefficient (Wildman–Crippen LogP) is 4.47. The largest absolute Gasteiger partial charge is 0.496 e. The van der Waals surface area contributed by atoms with Gasteiger partial charge in [-0.3, -0.25) is 19.3 Å². The third-order valence-corrected chi connectivity index (χ3v) is 18.0. The Bertz CT molecular complexity index is 2730. The summed E-state index contributed by atoms with van der Waals surface area (Å²) in [5.41, 5.74) is -0.0517. The molecule has 10 rings (SSSR count). The van der Waals surface area contributed by atoms with E-state index in [9.17, 15) is 24.3 Å². The first-order valence-electron chi connectivity index (χ1n) is 25.0. The molecule has 1 saturated carbocycles. The third-order valence-electron chi connectivity index (χ3n) is 18.0. The van der Waals surface area contributed by atoms with Gasteiger partial charge in [-0.2, -0.15) is 0 Å². The minimum atomic E-state index is -2.34. The number of amides is 1. The number of aromatic nitrogens is 1. The van der Waals surface area contributed by atoms with E-state index >= 15 is 4.79 Å². The van der Waals surface area contributed by atoms with Crippen LogP contribution in [0, 0.1) is 11.3 Å². The Labute approximate surface area is 409 Å². The Morgan fingerprint density at radius 1 is 0.957 bits per heavy atom. The molecule has 2 N–H and O–H groups in total. The lowest BCUT2D eigenvalue weighted by molar-refractivity contribution is -0.921. The molecule has 6 aliphatic heterocycles. The number of carbonyl (C=O) groups is 5.